The van der Waals surface area contributed by atoms with Crippen molar-refractivity contribution in [2.45, 2.75) is 58.0 Å². The van der Waals surface area contributed by atoms with Crippen LogP contribution in [0, 0.1) is 0 Å². The highest BCUT2D eigenvalue weighted by molar-refractivity contribution is 4.96. The van der Waals surface area contributed by atoms with Gasteiger partial charge in [0.05, 0.1) is 6.61 Å². The Labute approximate surface area is 125 Å². The minimum absolute atomic E-state index is 0.162. The molecule has 1 aliphatic rings. The van der Waals surface area contributed by atoms with E-state index < -0.39 is 0 Å². The van der Waals surface area contributed by atoms with E-state index in [0.717, 1.165) is 19.7 Å². The third-order valence-corrected chi connectivity index (χ3v) is 4.82. The van der Waals surface area contributed by atoms with Crippen molar-refractivity contribution in [1.29, 1.82) is 0 Å². The van der Waals surface area contributed by atoms with Crippen LogP contribution in [0.2, 0.25) is 0 Å². The number of rotatable bonds is 8. The molecule has 0 aromatic carbocycles. The fourth-order valence-corrected chi connectivity index (χ4v) is 3.83. The second-order valence-electron chi connectivity index (χ2n) is 6.21. The van der Waals surface area contributed by atoms with Crippen LogP contribution in [0.3, 0.4) is 0 Å². The van der Waals surface area contributed by atoms with E-state index in [-0.39, 0.29) is 5.54 Å². The molecule has 2 unspecified atom stereocenters. The molecule has 2 atom stereocenters. The van der Waals surface area contributed by atoms with E-state index in [0.29, 0.717) is 6.04 Å². The van der Waals surface area contributed by atoms with Crippen LogP contribution in [0.4, 0.5) is 0 Å². The highest BCUT2D eigenvalue weighted by Crippen LogP contribution is 2.30. The molecule has 4 heteroatoms. The maximum atomic E-state index is 6.24. The SMILES string of the molecule is CCCN1CCCC(CN)(N(CC)C(C)COC)CC1. The molecule has 1 heterocycles. The monoisotopic (exact) mass is 285 g/mol. The van der Waals surface area contributed by atoms with Crippen LogP contribution in [0.5, 0.6) is 0 Å². The Balaban J connectivity index is 2.78. The number of likely N-dealkylation sites (tertiary alicyclic amines) is 1. The molecule has 1 saturated heterocycles. The van der Waals surface area contributed by atoms with E-state index >= 15 is 0 Å². The Morgan fingerprint density at radius 2 is 2.05 bits per heavy atom. The normalized spacial score (nSPS) is 26.7. The Kier molecular flexibility index (Phi) is 8.03. The molecule has 0 saturated carbocycles. The molecule has 0 radical (unpaired) electrons. The Morgan fingerprint density at radius 1 is 1.30 bits per heavy atom. The topological polar surface area (TPSA) is 41.7 Å². The minimum atomic E-state index is 0.162. The average molecular weight is 285 g/mol. The quantitative estimate of drug-likeness (QED) is 0.740. The molecular formula is C16H35N3O. The zero-order valence-corrected chi connectivity index (χ0v) is 14.0. The highest BCUT2D eigenvalue weighted by Gasteiger charge is 2.38. The first-order chi connectivity index (χ1) is 9.63. The lowest BCUT2D eigenvalue weighted by molar-refractivity contribution is 0.0114. The average Bonchev–Trinajstić information content (AvgIpc) is 2.64. The summed E-state index contributed by atoms with van der Waals surface area (Å²) in [5, 5.41) is 0. The van der Waals surface area contributed by atoms with Gasteiger partial charge in [-0.25, -0.2) is 0 Å². The summed E-state index contributed by atoms with van der Waals surface area (Å²) < 4.78 is 5.36. The largest absolute Gasteiger partial charge is 0.383 e. The number of nitrogens with two attached hydrogens (primary N) is 1. The van der Waals surface area contributed by atoms with E-state index in [9.17, 15) is 0 Å². The molecular weight excluding hydrogens is 250 g/mol. The van der Waals surface area contributed by atoms with Gasteiger partial charge in [0.15, 0.2) is 0 Å². The summed E-state index contributed by atoms with van der Waals surface area (Å²) in [7, 11) is 1.79. The van der Waals surface area contributed by atoms with Gasteiger partial charge in [0.25, 0.3) is 0 Å². The minimum Gasteiger partial charge on any atom is -0.383 e. The van der Waals surface area contributed by atoms with Gasteiger partial charge in [0.2, 0.25) is 0 Å². The van der Waals surface area contributed by atoms with E-state index in [1.54, 1.807) is 7.11 Å². The summed E-state index contributed by atoms with van der Waals surface area (Å²) in [6, 6.07) is 0.436. The molecule has 4 nitrogen and oxygen atoms in total. The second kappa shape index (κ2) is 8.98. The van der Waals surface area contributed by atoms with Crippen LogP contribution < -0.4 is 5.73 Å². The van der Waals surface area contributed by atoms with E-state index in [1.165, 1.54) is 45.3 Å². The van der Waals surface area contributed by atoms with Gasteiger partial charge in [-0.15, -0.1) is 0 Å². The van der Waals surface area contributed by atoms with Crippen molar-refractivity contribution in [3.05, 3.63) is 0 Å². The number of likely N-dealkylation sites (N-methyl/N-ethyl adjacent to an activating group) is 1. The highest BCUT2D eigenvalue weighted by atomic mass is 16.5. The van der Waals surface area contributed by atoms with Crippen molar-refractivity contribution >= 4 is 0 Å². The van der Waals surface area contributed by atoms with Crippen molar-refractivity contribution < 1.29 is 4.74 Å². The maximum Gasteiger partial charge on any atom is 0.0615 e. The zero-order chi connectivity index (χ0) is 15.0. The Hall–Kier alpha value is -0.160. The number of nitrogens with zero attached hydrogens (tertiary/aromatic N) is 2. The summed E-state index contributed by atoms with van der Waals surface area (Å²) in [5.41, 5.74) is 6.40. The van der Waals surface area contributed by atoms with Crippen molar-refractivity contribution in [3.63, 3.8) is 0 Å². The third kappa shape index (κ3) is 4.42. The number of methoxy groups -OCH3 is 1. The molecule has 0 bridgehead atoms. The first-order valence-electron chi connectivity index (χ1n) is 8.31. The molecule has 1 rings (SSSR count). The van der Waals surface area contributed by atoms with Crippen LogP contribution in [-0.2, 0) is 4.74 Å². The van der Waals surface area contributed by atoms with Gasteiger partial charge in [-0.1, -0.05) is 13.8 Å². The summed E-state index contributed by atoms with van der Waals surface area (Å²) in [4.78, 5) is 5.19. The molecule has 120 valence electrons. The molecule has 0 aromatic rings. The fraction of sp³-hybridized carbons (Fsp3) is 1.00. The number of hydrogen-bond donors (Lipinski definition) is 1. The lowest BCUT2D eigenvalue weighted by atomic mass is 9.87. The summed E-state index contributed by atoms with van der Waals surface area (Å²) in [6.45, 7) is 13.0. The zero-order valence-electron chi connectivity index (χ0n) is 14.0. The Morgan fingerprint density at radius 3 is 2.60 bits per heavy atom. The predicted octanol–water partition coefficient (Wildman–Crippen LogP) is 1.94. The summed E-state index contributed by atoms with van der Waals surface area (Å²) in [6.07, 6.45) is 4.90. The van der Waals surface area contributed by atoms with Crippen molar-refractivity contribution in [1.82, 2.24) is 9.80 Å². The number of ether oxygens (including phenoxy) is 1. The predicted molar refractivity (Wildman–Crippen MR) is 86.1 cm³/mol. The molecule has 0 spiro atoms. The Bertz CT molecular complexity index is 262. The maximum absolute atomic E-state index is 6.24. The lowest BCUT2D eigenvalue weighted by Gasteiger charge is -2.46. The van der Waals surface area contributed by atoms with Crippen LogP contribution in [0.15, 0.2) is 0 Å². The van der Waals surface area contributed by atoms with Gasteiger partial charge < -0.3 is 15.4 Å². The van der Waals surface area contributed by atoms with Crippen LogP contribution in [-0.4, -0.2) is 67.8 Å². The van der Waals surface area contributed by atoms with Crippen molar-refractivity contribution in [2.24, 2.45) is 5.73 Å². The standard InChI is InChI=1S/C16H35N3O/c1-5-10-18-11-7-8-16(14-17,9-12-18)19(6-2)15(3)13-20-4/h15H,5-14,17H2,1-4H3. The van der Waals surface area contributed by atoms with Crippen molar-refractivity contribution in [3.8, 4) is 0 Å². The van der Waals surface area contributed by atoms with Gasteiger partial charge in [0, 0.05) is 25.2 Å². The smallest absolute Gasteiger partial charge is 0.0615 e. The van der Waals surface area contributed by atoms with Crippen molar-refractivity contribution in [2.75, 3.05) is 46.4 Å². The van der Waals surface area contributed by atoms with Crippen LogP contribution >= 0.6 is 0 Å². The molecule has 0 amide bonds. The van der Waals surface area contributed by atoms with E-state index in [2.05, 4.69) is 30.6 Å². The van der Waals surface area contributed by atoms with Crippen LogP contribution in [0.25, 0.3) is 0 Å². The van der Waals surface area contributed by atoms with Gasteiger partial charge in [-0.05, 0) is 58.8 Å². The fourth-order valence-electron chi connectivity index (χ4n) is 3.83. The molecule has 1 fully saturated rings. The summed E-state index contributed by atoms with van der Waals surface area (Å²) in [5.74, 6) is 0. The van der Waals surface area contributed by atoms with E-state index in [1.807, 2.05) is 0 Å². The molecule has 0 aliphatic carbocycles. The number of hydrogen-bond acceptors (Lipinski definition) is 4. The molecule has 1 aliphatic heterocycles. The third-order valence-electron chi connectivity index (χ3n) is 4.82. The molecule has 2 N–H and O–H groups in total. The van der Waals surface area contributed by atoms with E-state index in [4.69, 9.17) is 10.5 Å². The second-order valence-corrected chi connectivity index (χ2v) is 6.21. The first-order valence-corrected chi connectivity index (χ1v) is 8.31. The van der Waals surface area contributed by atoms with Crippen LogP contribution in [0.1, 0.15) is 46.5 Å². The summed E-state index contributed by atoms with van der Waals surface area (Å²) >= 11 is 0. The van der Waals surface area contributed by atoms with Gasteiger partial charge >= 0.3 is 0 Å². The molecule has 0 aromatic heterocycles. The van der Waals surface area contributed by atoms with Gasteiger partial charge in [-0.2, -0.15) is 0 Å². The van der Waals surface area contributed by atoms with Gasteiger partial charge in [-0.3, -0.25) is 4.90 Å². The lowest BCUT2D eigenvalue weighted by Crippen LogP contribution is -2.58. The first kappa shape index (κ1) is 17.9. The molecule has 20 heavy (non-hydrogen) atoms. The van der Waals surface area contributed by atoms with Gasteiger partial charge in [0.1, 0.15) is 0 Å².